The number of hydrogen-bond donors (Lipinski definition) is 0. The van der Waals surface area contributed by atoms with Crippen LogP contribution >= 0.6 is 0 Å². The molecule has 0 aromatic rings. The Bertz CT molecular complexity index is 318. The minimum absolute atomic E-state index is 0.863. The van der Waals surface area contributed by atoms with Gasteiger partial charge in [-0.2, -0.15) is 0 Å². The van der Waals surface area contributed by atoms with Gasteiger partial charge < -0.3 is 0 Å². The zero-order valence-corrected chi connectivity index (χ0v) is 20.5. The topological polar surface area (TPSA) is 0 Å². The van der Waals surface area contributed by atoms with Crippen LogP contribution in [0.3, 0.4) is 0 Å². The molecule has 0 aliphatic heterocycles. The van der Waals surface area contributed by atoms with E-state index in [9.17, 15) is 0 Å². The highest BCUT2D eigenvalue weighted by atomic mass is 14.2. The Kier molecular flexibility index (Phi) is 16.6. The zero-order valence-electron chi connectivity index (χ0n) is 20.5. The van der Waals surface area contributed by atoms with Crippen molar-refractivity contribution in [3.8, 4) is 0 Å². The molecule has 0 aromatic heterocycles. The molecule has 168 valence electrons. The molecule has 0 radical (unpaired) electrons. The monoisotopic (exact) mass is 392 g/mol. The van der Waals surface area contributed by atoms with E-state index < -0.39 is 0 Å². The molecule has 0 saturated heterocycles. The second-order valence-corrected chi connectivity index (χ2v) is 10.9. The molecule has 0 amide bonds. The van der Waals surface area contributed by atoms with Gasteiger partial charge in [0.25, 0.3) is 0 Å². The maximum atomic E-state index is 2.58. The fourth-order valence-electron chi connectivity index (χ4n) is 5.54. The fraction of sp³-hybridized carbons (Fsp3) is 1.00. The van der Waals surface area contributed by atoms with Crippen molar-refractivity contribution in [2.24, 2.45) is 23.7 Å². The summed E-state index contributed by atoms with van der Waals surface area (Å²) in [5.74, 6) is 3.73. The van der Waals surface area contributed by atoms with Crippen molar-refractivity contribution in [3.63, 3.8) is 0 Å². The number of hydrogen-bond acceptors (Lipinski definition) is 0. The van der Waals surface area contributed by atoms with E-state index in [1.54, 1.807) is 0 Å². The lowest BCUT2D eigenvalue weighted by Crippen LogP contribution is -2.14. The van der Waals surface area contributed by atoms with Gasteiger partial charge in [-0.25, -0.2) is 0 Å². The van der Waals surface area contributed by atoms with E-state index in [0.717, 1.165) is 23.7 Å². The molecule has 0 bridgehead atoms. The second-order valence-electron chi connectivity index (χ2n) is 10.9. The van der Waals surface area contributed by atoms with Crippen LogP contribution in [0.25, 0.3) is 0 Å². The Morgan fingerprint density at radius 1 is 0.571 bits per heavy atom. The van der Waals surface area contributed by atoms with Gasteiger partial charge in [-0.1, -0.05) is 143 Å². The first-order valence-corrected chi connectivity index (χ1v) is 13.6. The minimum Gasteiger partial charge on any atom is -0.0628 e. The van der Waals surface area contributed by atoms with Crippen molar-refractivity contribution in [1.29, 1.82) is 0 Å². The summed E-state index contributed by atoms with van der Waals surface area (Å²) in [7, 11) is 0. The number of rotatable bonds is 5. The Labute approximate surface area is 180 Å². The molecule has 3 atom stereocenters. The molecular weight excluding hydrogens is 336 g/mol. The molecule has 0 N–H and O–H groups in total. The summed E-state index contributed by atoms with van der Waals surface area (Å²) in [6.07, 6.45) is 29.7. The highest BCUT2D eigenvalue weighted by molar-refractivity contribution is 4.70. The van der Waals surface area contributed by atoms with E-state index in [-0.39, 0.29) is 0 Å². The summed E-state index contributed by atoms with van der Waals surface area (Å²) in [6, 6.07) is 0. The van der Waals surface area contributed by atoms with Crippen molar-refractivity contribution >= 4 is 0 Å². The highest BCUT2D eigenvalue weighted by Gasteiger charge is 2.18. The van der Waals surface area contributed by atoms with Crippen LogP contribution in [0.5, 0.6) is 0 Å². The van der Waals surface area contributed by atoms with Gasteiger partial charge in [0.2, 0.25) is 0 Å². The summed E-state index contributed by atoms with van der Waals surface area (Å²) in [6.45, 7) is 9.85. The van der Waals surface area contributed by atoms with Crippen LogP contribution in [0.15, 0.2) is 0 Å². The van der Waals surface area contributed by atoms with Crippen LogP contribution < -0.4 is 0 Å². The fourth-order valence-corrected chi connectivity index (χ4v) is 5.54. The lowest BCUT2D eigenvalue weighted by Gasteiger charge is -2.26. The first kappa shape index (κ1) is 26.0. The molecule has 1 rings (SSSR count). The molecule has 28 heavy (non-hydrogen) atoms. The normalized spacial score (nSPS) is 26.9. The Hall–Kier alpha value is 0. The Morgan fingerprint density at radius 3 is 1.39 bits per heavy atom. The average Bonchev–Trinajstić information content (AvgIpc) is 2.65. The van der Waals surface area contributed by atoms with Crippen LogP contribution in [0.4, 0.5) is 0 Å². The van der Waals surface area contributed by atoms with E-state index in [1.165, 1.54) is 128 Å². The van der Waals surface area contributed by atoms with Gasteiger partial charge in [-0.05, 0) is 36.5 Å². The quantitative estimate of drug-likeness (QED) is 0.436. The highest BCUT2D eigenvalue weighted by Crippen LogP contribution is 2.31. The molecule has 1 fully saturated rings. The molecular formula is C28H56. The largest absolute Gasteiger partial charge is 0.0628 e. The minimum atomic E-state index is 0.863. The van der Waals surface area contributed by atoms with Crippen molar-refractivity contribution in [2.75, 3.05) is 0 Å². The summed E-state index contributed by atoms with van der Waals surface area (Å²) >= 11 is 0. The smallest absolute Gasteiger partial charge is 0.0388 e. The SMILES string of the molecule is CC(C)CC(C)CCC1CCCCCCCCCCCCCCCCCC1C. The van der Waals surface area contributed by atoms with Crippen LogP contribution in [-0.2, 0) is 0 Å². The Morgan fingerprint density at radius 2 is 0.964 bits per heavy atom. The van der Waals surface area contributed by atoms with E-state index in [0.29, 0.717) is 0 Å². The molecule has 0 spiro atoms. The van der Waals surface area contributed by atoms with E-state index in [2.05, 4.69) is 27.7 Å². The molecule has 1 aliphatic carbocycles. The van der Waals surface area contributed by atoms with Crippen LogP contribution in [-0.4, -0.2) is 0 Å². The van der Waals surface area contributed by atoms with Crippen LogP contribution in [0.2, 0.25) is 0 Å². The van der Waals surface area contributed by atoms with Gasteiger partial charge in [0.15, 0.2) is 0 Å². The first-order valence-electron chi connectivity index (χ1n) is 13.6. The molecule has 0 heteroatoms. The molecule has 3 unspecified atom stereocenters. The second kappa shape index (κ2) is 17.8. The van der Waals surface area contributed by atoms with E-state index in [1.807, 2.05) is 0 Å². The predicted octanol–water partition coefficient (Wildman–Crippen LogP) is 10.3. The third kappa shape index (κ3) is 14.9. The van der Waals surface area contributed by atoms with Gasteiger partial charge in [-0.3, -0.25) is 0 Å². The van der Waals surface area contributed by atoms with Gasteiger partial charge in [0, 0.05) is 0 Å². The summed E-state index contributed by atoms with van der Waals surface area (Å²) in [5.41, 5.74) is 0. The third-order valence-corrected chi connectivity index (χ3v) is 7.44. The third-order valence-electron chi connectivity index (χ3n) is 7.44. The van der Waals surface area contributed by atoms with Gasteiger partial charge in [-0.15, -0.1) is 0 Å². The van der Waals surface area contributed by atoms with Crippen molar-refractivity contribution in [3.05, 3.63) is 0 Å². The Balaban J connectivity index is 2.41. The molecule has 0 heterocycles. The molecule has 0 nitrogen and oxygen atoms in total. The summed E-state index contributed by atoms with van der Waals surface area (Å²) < 4.78 is 0. The first-order chi connectivity index (χ1) is 13.6. The molecule has 1 aliphatic rings. The van der Waals surface area contributed by atoms with Gasteiger partial charge in [0.05, 0.1) is 0 Å². The molecule has 0 aromatic carbocycles. The average molecular weight is 393 g/mol. The predicted molar refractivity (Wildman–Crippen MR) is 129 cm³/mol. The van der Waals surface area contributed by atoms with Crippen molar-refractivity contribution < 1.29 is 0 Å². The van der Waals surface area contributed by atoms with E-state index >= 15 is 0 Å². The van der Waals surface area contributed by atoms with Gasteiger partial charge in [0.1, 0.15) is 0 Å². The maximum Gasteiger partial charge on any atom is -0.0388 e. The van der Waals surface area contributed by atoms with Crippen LogP contribution in [0.1, 0.15) is 156 Å². The zero-order chi connectivity index (χ0) is 20.5. The van der Waals surface area contributed by atoms with Crippen LogP contribution in [0, 0.1) is 23.7 Å². The summed E-state index contributed by atoms with van der Waals surface area (Å²) in [5, 5.41) is 0. The lowest BCUT2D eigenvalue weighted by atomic mass is 9.80. The van der Waals surface area contributed by atoms with E-state index in [4.69, 9.17) is 0 Å². The lowest BCUT2D eigenvalue weighted by molar-refractivity contribution is 0.256. The van der Waals surface area contributed by atoms with Crippen molar-refractivity contribution in [2.45, 2.75) is 156 Å². The maximum absolute atomic E-state index is 2.58. The van der Waals surface area contributed by atoms with Crippen molar-refractivity contribution in [1.82, 2.24) is 0 Å². The molecule has 1 saturated carbocycles. The standard InChI is InChI=1S/C28H56/c1-25(2)24-26(3)22-23-28-21-19-17-15-13-11-9-7-5-6-8-10-12-14-16-18-20-27(28)4/h25-28H,5-24H2,1-4H3. The van der Waals surface area contributed by atoms with Gasteiger partial charge >= 0.3 is 0 Å². The summed E-state index contributed by atoms with van der Waals surface area (Å²) in [4.78, 5) is 0.